The Morgan fingerprint density at radius 3 is 2.15 bits per heavy atom. The second kappa shape index (κ2) is 11.4. The minimum Gasteiger partial charge on any atom is -0.469 e. The van der Waals surface area contributed by atoms with Crippen molar-refractivity contribution in [3.8, 4) is 5.75 Å². The number of esters is 1. The van der Waals surface area contributed by atoms with Gasteiger partial charge in [0.25, 0.3) is 5.91 Å². The van der Waals surface area contributed by atoms with Crippen LogP contribution in [0, 0.1) is 5.41 Å². The molecule has 2 aromatic rings. The normalized spacial score (nSPS) is 18.3. The molecule has 0 radical (unpaired) electrons. The smallest absolute Gasteiger partial charge is 0.469 e. The summed E-state index contributed by atoms with van der Waals surface area (Å²) in [6.45, 7) is 0.659. The number of amides is 1. The van der Waals surface area contributed by atoms with Crippen LogP contribution in [-0.2, 0) is 19.6 Å². The van der Waals surface area contributed by atoms with E-state index in [9.17, 15) is 31.2 Å². The molecule has 2 aliphatic rings. The van der Waals surface area contributed by atoms with E-state index < -0.39 is 45.2 Å². The van der Waals surface area contributed by atoms with E-state index in [2.05, 4.69) is 4.74 Å². The molecule has 1 amide bonds. The number of methoxy groups -OCH3 is 1. The number of alkyl halides is 3. The van der Waals surface area contributed by atoms with Crippen LogP contribution < -0.4 is 4.74 Å². The molecule has 39 heavy (non-hydrogen) atoms. The minimum absolute atomic E-state index is 0.0683. The van der Waals surface area contributed by atoms with Gasteiger partial charge in [-0.25, -0.2) is 8.42 Å². The number of benzene rings is 2. The summed E-state index contributed by atoms with van der Waals surface area (Å²) in [5.41, 5.74) is 0.935. The Labute approximate surface area is 225 Å². The molecule has 0 aromatic heterocycles. The third-order valence-corrected chi connectivity index (χ3v) is 9.17. The van der Waals surface area contributed by atoms with Crippen molar-refractivity contribution in [1.82, 2.24) is 9.21 Å². The first-order valence-corrected chi connectivity index (χ1v) is 14.0. The Bertz CT molecular complexity index is 1320. The number of carbonyl (C=O) groups excluding carboxylic acids is 2. The molecule has 8 nitrogen and oxygen atoms in total. The van der Waals surface area contributed by atoms with Gasteiger partial charge in [0.05, 0.1) is 18.3 Å². The molecule has 0 saturated carbocycles. The van der Waals surface area contributed by atoms with E-state index >= 15 is 0 Å². The Morgan fingerprint density at radius 2 is 1.62 bits per heavy atom. The third-order valence-electron chi connectivity index (χ3n) is 7.13. The topological polar surface area (TPSA) is 93.2 Å². The van der Waals surface area contributed by atoms with Gasteiger partial charge in [0, 0.05) is 31.7 Å². The van der Waals surface area contributed by atoms with Crippen LogP contribution in [0.5, 0.6) is 5.75 Å². The molecule has 210 valence electrons. The minimum atomic E-state index is -4.84. The van der Waals surface area contributed by atoms with Crippen LogP contribution in [0.25, 0.3) is 5.57 Å². The number of piperidine rings is 1. The van der Waals surface area contributed by atoms with Gasteiger partial charge in [-0.05, 0) is 54.7 Å². The average molecular weight is 567 g/mol. The summed E-state index contributed by atoms with van der Waals surface area (Å²) in [5, 5.41) is 0. The maximum atomic E-state index is 13.4. The number of nitrogens with zero attached hydrogens (tertiary/aromatic N) is 2. The number of hydrogen-bond acceptors (Lipinski definition) is 6. The zero-order valence-corrected chi connectivity index (χ0v) is 22.1. The second-order valence-corrected chi connectivity index (χ2v) is 11.6. The summed E-state index contributed by atoms with van der Waals surface area (Å²) < 4.78 is 74.2. The fraction of sp³-hybridized carbons (Fsp3) is 0.407. The van der Waals surface area contributed by atoms with E-state index in [1.807, 2.05) is 36.4 Å². The van der Waals surface area contributed by atoms with E-state index in [0.717, 1.165) is 23.3 Å². The summed E-state index contributed by atoms with van der Waals surface area (Å²) in [4.78, 5) is 27.2. The van der Waals surface area contributed by atoms with Gasteiger partial charge in [-0.3, -0.25) is 9.59 Å². The van der Waals surface area contributed by atoms with E-state index in [1.165, 1.54) is 28.4 Å². The average Bonchev–Trinajstić information content (AvgIpc) is 2.92. The van der Waals surface area contributed by atoms with Gasteiger partial charge in [-0.15, -0.1) is 13.2 Å². The summed E-state index contributed by atoms with van der Waals surface area (Å²) in [7, 11) is -2.63. The molecule has 0 unspecified atom stereocenters. The molecule has 2 aliphatic heterocycles. The number of sulfonamides is 1. The van der Waals surface area contributed by atoms with Crippen LogP contribution in [0.4, 0.5) is 13.2 Å². The van der Waals surface area contributed by atoms with Gasteiger partial charge >= 0.3 is 12.3 Å². The Morgan fingerprint density at radius 1 is 0.974 bits per heavy atom. The van der Waals surface area contributed by atoms with E-state index in [1.54, 1.807) is 0 Å². The van der Waals surface area contributed by atoms with Crippen LogP contribution in [0.3, 0.4) is 0 Å². The first-order chi connectivity index (χ1) is 18.4. The molecular weight excluding hydrogens is 537 g/mol. The van der Waals surface area contributed by atoms with Crippen LogP contribution >= 0.6 is 0 Å². The van der Waals surface area contributed by atoms with E-state index in [-0.39, 0.29) is 38.0 Å². The van der Waals surface area contributed by atoms with Crippen molar-refractivity contribution in [3.05, 3.63) is 71.8 Å². The summed E-state index contributed by atoms with van der Waals surface area (Å²) in [6.07, 6.45) is -2.28. The lowest BCUT2D eigenvalue weighted by Gasteiger charge is -2.40. The molecule has 0 N–H and O–H groups in total. The maximum absolute atomic E-state index is 13.4. The molecule has 0 aliphatic carbocycles. The third kappa shape index (κ3) is 6.80. The van der Waals surface area contributed by atoms with Gasteiger partial charge in [0.15, 0.2) is 0 Å². The highest BCUT2D eigenvalue weighted by atomic mass is 32.2. The molecule has 0 atom stereocenters. The number of ether oxygens (including phenoxy) is 2. The van der Waals surface area contributed by atoms with Crippen molar-refractivity contribution in [1.29, 1.82) is 0 Å². The van der Waals surface area contributed by atoms with Crippen molar-refractivity contribution >= 4 is 27.5 Å². The predicted octanol–water partition coefficient (Wildman–Crippen LogP) is 4.10. The zero-order chi connectivity index (χ0) is 28.3. The molecule has 4 rings (SSSR count). The molecular formula is C27H29F3N2O6S. The number of hydrogen-bond donors (Lipinski definition) is 0. The lowest BCUT2D eigenvalue weighted by atomic mass is 9.80. The van der Waals surface area contributed by atoms with Crippen LogP contribution in [0.1, 0.15) is 35.2 Å². The standard InChI is InChI=1S/C27H29F3N2O6S/c1-37-25(34)26(19-39(35,36)32-15-11-21(12-16-32)20-5-3-2-4-6-20)13-17-31(18-14-26)24(33)22-7-9-23(10-8-22)38-27(28,29)30/h2-11H,12-19H2,1H3. The molecule has 0 bridgehead atoms. The Hall–Kier alpha value is -3.38. The first-order valence-electron chi connectivity index (χ1n) is 12.4. The summed E-state index contributed by atoms with van der Waals surface area (Å²) in [5.74, 6) is -1.97. The largest absolute Gasteiger partial charge is 0.573 e. The van der Waals surface area contributed by atoms with Gasteiger partial charge in [-0.1, -0.05) is 36.4 Å². The van der Waals surface area contributed by atoms with Gasteiger partial charge in [-0.2, -0.15) is 4.31 Å². The SMILES string of the molecule is COC(=O)C1(CS(=O)(=O)N2CC=C(c3ccccc3)CC2)CCN(C(=O)c2ccc(OC(F)(F)F)cc2)CC1. The maximum Gasteiger partial charge on any atom is 0.573 e. The van der Waals surface area contributed by atoms with Crippen LogP contribution in [0.2, 0.25) is 0 Å². The Balaban J connectivity index is 1.42. The molecule has 1 saturated heterocycles. The molecule has 0 spiro atoms. The zero-order valence-electron chi connectivity index (χ0n) is 21.3. The molecule has 1 fully saturated rings. The lowest BCUT2D eigenvalue weighted by molar-refractivity contribution is -0.274. The Kier molecular flexibility index (Phi) is 8.36. The molecule has 2 heterocycles. The van der Waals surface area contributed by atoms with Gasteiger partial charge < -0.3 is 14.4 Å². The highest BCUT2D eigenvalue weighted by molar-refractivity contribution is 7.89. The fourth-order valence-corrected chi connectivity index (χ4v) is 6.96. The van der Waals surface area contributed by atoms with Gasteiger partial charge in [0.2, 0.25) is 10.0 Å². The van der Waals surface area contributed by atoms with Crippen molar-refractivity contribution in [2.45, 2.75) is 25.6 Å². The van der Waals surface area contributed by atoms with E-state index in [4.69, 9.17) is 4.74 Å². The van der Waals surface area contributed by atoms with Crippen molar-refractivity contribution in [3.63, 3.8) is 0 Å². The molecule has 2 aromatic carbocycles. The second-order valence-electron chi connectivity index (χ2n) is 9.60. The van der Waals surface area contributed by atoms with Crippen LogP contribution in [0.15, 0.2) is 60.7 Å². The van der Waals surface area contributed by atoms with Crippen LogP contribution in [-0.4, -0.2) is 74.9 Å². The quantitative estimate of drug-likeness (QED) is 0.469. The van der Waals surface area contributed by atoms with Gasteiger partial charge in [0.1, 0.15) is 5.75 Å². The summed E-state index contributed by atoms with van der Waals surface area (Å²) in [6, 6.07) is 14.3. The van der Waals surface area contributed by atoms with Crippen molar-refractivity contribution in [2.24, 2.45) is 5.41 Å². The lowest BCUT2D eigenvalue weighted by Crippen LogP contribution is -2.52. The first kappa shape index (κ1) is 28.6. The number of rotatable bonds is 7. The highest BCUT2D eigenvalue weighted by Crippen LogP contribution is 2.37. The number of halogens is 3. The predicted molar refractivity (Wildman–Crippen MR) is 137 cm³/mol. The molecule has 12 heteroatoms. The number of likely N-dealkylation sites (tertiary alicyclic amines) is 1. The monoisotopic (exact) mass is 566 g/mol. The summed E-state index contributed by atoms with van der Waals surface area (Å²) >= 11 is 0. The van der Waals surface area contributed by atoms with Crippen molar-refractivity contribution in [2.75, 3.05) is 39.0 Å². The van der Waals surface area contributed by atoms with E-state index in [0.29, 0.717) is 13.0 Å². The van der Waals surface area contributed by atoms with Crippen molar-refractivity contribution < 1.29 is 40.7 Å². The fourth-order valence-electron chi connectivity index (χ4n) is 5.00. The highest BCUT2D eigenvalue weighted by Gasteiger charge is 2.48. The number of carbonyl (C=O) groups is 2.